The van der Waals surface area contributed by atoms with Gasteiger partial charge in [0.05, 0.1) is 17.4 Å². The molecule has 1 aromatic rings. The summed E-state index contributed by atoms with van der Waals surface area (Å²) in [6.45, 7) is 6.61. The fraction of sp³-hybridized carbons (Fsp3) is 0.733. The van der Waals surface area contributed by atoms with Crippen LogP contribution in [0.1, 0.15) is 40.0 Å². The molecule has 0 radical (unpaired) electrons. The first-order valence-electron chi connectivity index (χ1n) is 7.84. The Hall–Kier alpha value is -1.92. The maximum absolute atomic E-state index is 12.2. The van der Waals surface area contributed by atoms with E-state index in [0.717, 1.165) is 12.8 Å². The van der Waals surface area contributed by atoms with Gasteiger partial charge in [0.15, 0.2) is 0 Å². The van der Waals surface area contributed by atoms with Gasteiger partial charge in [0.1, 0.15) is 6.54 Å². The number of carbonyl (C=O) groups excluding carboxylic acids is 1. The third-order valence-electron chi connectivity index (χ3n) is 4.49. The van der Waals surface area contributed by atoms with Crippen LogP contribution in [-0.4, -0.2) is 26.7 Å². The van der Waals surface area contributed by atoms with Gasteiger partial charge in [-0.15, -0.1) is 0 Å². The van der Waals surface area contributed by atoms with Gasteiger partial charge in [-0.05, 0) is 35.5 Å². The predicted octanol–water partition coefficient (Wildman–Crippen LogP) is 2.37. The van der Waals surface area contributed by atoms with E-state index in [2.05, 4.69) is 31.2 Å². The van der Waals surface area contributed by atoms with Crippen molar-refractivity contribution < 1.29 is 9.72 Å². The van der Waals surface area contributed by atoms with Gasteiger partial charge in [-0.25, -0.2) is 0 Å². The Balaban J connectivity index is 1.95. The number of aromatic nitrogens is 2. The first kappa shape index (κ1) is 16.5. The summed E-state index contributed by atoms with van der Waals surface area (Å²) in [5.74, 6) is 1.27. The van der Waals surface area contributed by atoms with Crippen molar-refractivity contribution in [2.24, 2.45) is 17.8 Å². The van der Waals surface area contributed by atoms with Crippen LogP contribution < -0.4 is 5.32 Å². The molecule has 1 aromatic heterocycles. The number of rotatable bonds is 5. The topological polar surface area (TPSA) is 90.1 Å². The Morgan fingerprint density at radius 1 is 1.55 bits per heavy atom. The van der Waals surface area contributed by atoms with Gasteiger partial charge in [-0.3, -0.25) is 4.79 Å². The molecule has 0 unspecified atom stereocenters. The highest BCUT2D eigenvalue weighted by molar-refractivity contribution is 5.76. The quantitative estimate of drug-likeness (QED) is 0.668. The fourth-order valence-corrected chi connectivity index (χ4v) is 3.30. The van der Waals surface area contributed by atoms with Crippen LogP contribution in [-0.2, 0) is 11.3 Å². The van der Waals surface area contributed by atoms with Gasteiger partial charge in [0, 0.05) is 6.04 Å². The summed E-state index contributed by atoms with van der Waals surface area (Å²) in [4.78, 5) is 22.2. The number of amides is 1. The van der Waals surface area contributed by atoms with E-state index < -0.39 is 4.92 Å². The average Bonchev–Trinajstić information content (AvgIpc) is 2.86. The maximum Gasteiger partial charge on any atom is 0.389 e. The zero-order valence-electron chi connectivity index (χ0n) is 13.4. The van der Waals surface area contributed by atoms with Crippen LogP contribution in [0.15, 0.2) is 12.3 Å². The van der Waals surface area contributed by atoms with Crippen LogP contribution in [0.25, 0.3) is 0 Å². The monoisotopic (exact) mass is 308 g/mol. The van der Waals surface area contributed by atoms with Crippen LogP contribution in [0.5, 0.6) is 0 Å². The molecule has 1 fully saturated rings. The minimum atomic E-state index is -0.563. The predicted molar refractivity (Wildman–Crippen MR) is 82.2 cm³/mol. The lowest BCUT2D eigenvalue weighted by atomic mass is 9.74. The molecule has 1 N–H and O–H groups in total. The Morgan fingerprint density at radius 2 is 2.27 bits per heavy atom. The number of hydrogen-bond donors (Lipinski definition) is 1. The summed E-state index contributed by atoms with van der Waals surface area (Å²) in [6.07, 6.45) is 4.80. The Morgan fingerprint density at radius 3 is 2.86 bits per heavy atom. The van der Waals surface area contributed by atoms with Gasteiger partial charge < -0.3 is 15.4 Å². The second kappa shape index (κ2) is 6.89. The second-order valence-corrected chi connectivity index (χ2v) is 6.63. The molecular formula is C15H24N4O3. The van der Waals surface area contributed by atoms with Crippen molar-refractivity contribution in [3.63, 3.8) is 0 Å². The molecule has 22 heavy (non-hydrogen) atoms. The summed E-state index contributed by atoms with van der Waals surface area (Å²) in [7, 11) is 0. The van der Waals surface area contributed by atoms with E-state index in [9.17, 15) is 14.9 Å². The normalized spacial score (nSPS) is 25.2. The molecule has 0 aromatic carbocycles. The molecule has 7 nitrogen and oxygen atoms in total. The van der Waals surface area contributed by atoms with Crippen molar-refractivity contribution in [1.29, 1.82) is 0 Å². The van der Waals surface area contributed by atoms with Crippen molar-refractivity contribution in [2.45, 2.75) is 52.6 Å². The molecule has 1 aliphatic carbocycles. The third kappa shape index (κ3) is 4.05. The summed E-state index contributed by atoms with van der Waals surface area (Å²) in [5, 5.41) is 17.5. The van der Waals surface area contributed by atoms with Crippen molar-refractivity contribution in [2.75, 3.05) is 0 Å². The molecule has 122 valence electrons. The van der Waals surface area contributed by atoms with Gasteiger partial charge in [0.25, 0.3) is 0 Å². The zero-order valence-corrected chi connectivity index (χ0v) is 13.4. The highest BCUT2D eigenvalue weighted by Crippen LogP contribution is 2.33. The van der Waals surface area contributed by atoms with Crippen LogP contribution in [0.4, 0.5) is 5.82 Å². The molecule has 0 spiro atoms. The first-order valence-corrected chi connectivity index (χ1v) is 7.84. The Bertz CT molecular complexity index is 541. The van der Waals surface area contributed by atoms with E-state index in [4.69, 9.17) is 0 Å². The first-order chi connectivity index (χ1) is 10.4. The lowest BCUT2D eigenvalue weighted by Gasteiger charge is -2.37. The van der Waals surface area contributed by atoms with Crippen LogP contribution in [0.2, 0.25) is 0 Å². The highest BCUT2D eigenvalue weighted by atomic mass is 16.6. The van der Waals surface area contributed by atoms with Crippen molar-refractivity contribution in [3.05, 3.63) is 22.4 Å². The van der Waals surface area contributed by atoms with Crippen LogP contribution >= 0.6 is 0 Å². The molecule has 0 bridgehead atoms. The van der Waals surface area contributed by atoms with E-state index in [0.29, 0.717) is 17.8 Å². The van der Waals surface area contributed by atoms with Crippen LogP contribution in [0.3, 0.4) is 0 Å². The van der Waals surface area contributed by atoms with Gasteiger partial charge >= 0.3 is 5.82 Å². The maximum atomic E-state index is 12.2. The van der Waals surface area contributed by atoms with Crippen molar-refractivity contribution >= 4 is 11.7 Å². The number of carbonyl (C=O) groups is 1. The van der Waals surface area contributed by atoms with Gasteiger partial charge in [-0.1, -0.05) is 27.2 Å². The standard InChI is InChI=1S/C15H24N4O3/c1-10(2)12-5-4-11(3)8-13(12)16-15(20)9-18-7-6-14(17-18)19(21)22/h6-7,10-13H,4-5,8-9H2,1-3H3,(H,16,20)/t11-,12+,13-/m1/s1. The number of nitrogens with one attached hydrogen (secondary N) is 1. The smallest absolute Gasteiger partial charge is 0.358 e. The molecule has 0 saturated heterocycles. The second-order valence-electron chi connectivity index (χ2n) is 6.63. The Kier molecular flexibility index (Phi) is 5.15. The molecule has 7 heteroatoms. The zero-order chi connectivity index (χ0) is 16.3. The highest BCUT2D eigenvalue weighted by Gasteiger charge is 2.31. The Labute approximate surface area is 130 Å². The van der Waals surface area contributed by atoms with Crippen molar-refractivity contribution in [3.8, 4) is 0 Å². The summed E-state index contributed by atoms with van der Waals surface area (Å²) in [5.41, 5.74) is 0. The van der Waals surface area contributed by atoms with E-state index in [-0.39, 0.29) is 24.3 Å². The molecular weight excluding hydrogens is 284 g/mol. The molecule has 1 amide bonds. The minimum absolute atomic E-state index is 0.0174. The van der Waals surface area contributed by atoms with Crippen LogP contribution in [0, 0.1) is 27.9 Å². The molecule has 1 saturated carbocycles. The SMILES string of the molecule is CC(C)[C@@H]1CC[C@@H](C)C[C@H]1NC(=O)Cn1ccc([N+](=O)[O-])n1. The third-order valence-corrected chi connectivity index (χ3v) is 4.49. The lowest BCUT2D eigenvalue weighted by molar-refractivity contribution is -0.389. The van der Waals surface area contributed by atoms with E-state index in [1.54, 1.807) is 0 Å². The summed E-state index contributed by atoms with van der Waals surface area (Å²) >= 11 is 0. The van der Waals surface area contributed by atoms with Crippen molar-refractivity contribution in [1.82, 2.24) is 15.1 Å². The number of nitro groups is 1. The van der Waals surface area contributed by atoms with Gasteiger partial charge in [0.2, 0.25) is 5.91 Å². The molecule has 3 atom stereocenters. The van der Waals surface area contributed by atoms with E-state index >= 15 is 0 Å². The molecule has 2 rings (SSSR count). The summed E-state index contributed by atoms with van der Waals surface area (Å²) < 4.78 is 1.31. The van der Waals surface area contributed by atoms with Gasteiger partial charge in [-0.2, -0.15) is 4.68 Å². The molecule has 0 aliphatic heterocycles. The van der Waals surface area contributed by atoms with E-state index in [1.807, 2.05) is 0 Å². The molecule has 1 aliphatic rings. The average molecular weight is 308 g/mol. The number of hydrogen-bond acceptors (Lipinski definition) is 4. The van der Waals surface area contributed by atoms with E-state index in [1.165, 1.54) is 23.4 Å². The summed E-state index contributed by atoms with van der Waals surface area (Å²) in [6, 6.07) is 1.48. The fourth-order valence-electron chi connectivity index (χ4n) is 3.30. The number of nitrogens with zero attached hydrogens (tertiary/aromatic N) is 3. The lowest BCUT2D eigenvalue weighted by Crippen LogP contribution is -2.46. The minimum Gasteiger partial charge on any atom is -0.358 e. The molecule has 1 heterocycles. The largest absolute Gasteiger partial charge is 0.389 e.